The molecule has 0 amide bonds. The molecule has 0 saturated heterocycles. The monoisotopic (exact) mass is 357 g/mol. The molecule has 0 bridgehead atoms. The number of aromatic nitrogens is 2. The number of nitro benzene ring substituents is 1. The third-order valence-electron chi connectivity index (χ3n) is 3.22. The largest absolute Gasteiger partial charge is 0.455 e. The fourth-order valence-electron chi connectivity index (χ4n) is 1.88. The van der Waals surface area contributed by atoms with Crippen molar-refractivity contribution < 1.29 is 18.9 Å². The van der Waals surface area contributed by atoms with E-state index < -0.39 is 21.1 Å². The van der Waals surface area contributed by atoms with E-state index in [9.17, 15) is 14.9 Å². The summed E-state index contributed by atoms with van der Waals surface area (Å²) in [6, 6.07) is 5.76. The van der Waals surface area contributed by atoms with E-state index in [4.69, 9.17) is 32.4 Å². The lowest BCUT2D eigenvalue weighted by molar-refractivity contribution is -0.384. The zero-order valence-corrected chi connectivity index (χ0v) is 13.0. The Morgan fingerprint density at radius 1 is 1.48 bits per heavy atom. The standard InChI is InChI=1S/C13H9Cl2N3O5/c14-13(15)5-9(13)12(19)22-6-10-16-17-11(23-10)7-2-1-3-8(4-7)18(20)21/h1-4,9H,5-6H2. The van der Waals surface area contributed by atoms with Gasteiger partial charge in [0.15, 0.2) is 6.61 Å². The van der Waals surface area contributed by atoms with Crippen molar-refractivity contribution in [1.82, 2.24) is 10.2 Å². The highest BCUT2D eigenvalue weighted by Gasteiger charge is 2.57. The number of halogens is 2. The lowest BCUT2D eigenvalue weighted by atomic mass is 10.2. The van der Waals surface area contributed by atoms with Gasteiger partial charge in [-0.1, -0.05) is 6.07 Å². The van der Waals surface area contributed by atoms with Gasteiger partial charge in [-0.15, -0.1) is 33.4 Å². The Hall–Kier alpha value is -2.19. The summed E-state index contributed by atoms with van der Waals surface area (Å²) in [6.07, 6.45) is 0.345. The highest BCUT2D eigenvalue weighted by molar-refractivity contribution is 6.52. The van der Waals surface area contributed by atoms with Gasteiger partial charge in [-0.3, -0.25) is 14.9 Å². The molecule has 1 aliphatic carbocycles. The van der Waals surface area contributed by atoms with Gasteiger partial charge in [-0.05, 0) is 12.5 Å². The number of rotatable bonds is 5. The van der Waals surface area contributed by atoms with E-state index in [2.05, 4.69) is 10.2 Å². The molecule has 0 spiro atoms. The Morgan fingerprint density at radius 2 is 2.22 bits per heavy atom. The van der Waals surface area contributed by atoms with Gasteiger partial charge in [0.2, 0.25) is 5.89 Å². The number of carbonyl (C=O) groups is 1. The van der Waals surface area contributed by atoms with Crippen molar-refractivity contribution in [3.8, 4) is 11.5 Å². The molecule has 0 radical (unpaired) electrons. The molecule has 1 unspecified atom stereocenters. The minimum absolute atomic E-state index is 0.0650. The van der Waals surface area contributed by atoms with Crippen molar-refractivity contribution >= 4 is 34.9 Å². The maximum Gasteiger partial charge on any atom is 0.312 e. The SMILES string of the molecule is O=C(OCc1nnc(-c2cccc([N+](=O)[O-])c2)o1)C1CC1(Cl)Cl. The maximum atomic E-state index is 11.6. The van der Waals surface area contributed by atoms with Crippen molar-refractivity contribution in [2.75, 3.05) is 0 Å². The molecule has 1 heterocycles. The van der Waals surface area contributed by atoms with Gasteiger partial charge in [0.25, 0.3) is 11.6 Å². The van der Waals surface area contributed by atoms with Crippen LogP contribution in [0, 0.1) is 16.0 Å². The van der Waals surface area contributed by atoms with E-state index >= 15 is 0 Å². The number of benzene rings is 1. The Kier molecular flexibility index (Phi) is 3.95. The van der Waals surface area contributed by atoms with Crippen LogP contribution >= 0.6 is 23.2 Å². The molecule has 0 N–H and O–H groups in total. The van der Waals surface area contributed by atoms with Crippen LogP contribution < -0.4 is 0 Å². The quantitative estimate of drug-likeness (QED) is 0.350. The van der Waals surface area contributed by atoms with Crippen LogP contribution in [-0.2, 0) is 16.1 Å². The lowest BCUT2D eigenvalue weighted by Gasteiger charge is -2.01. The summed E-state index contributed by atoms with van der Waals surface area (Å²) in [5, 5.41) is 18.2. The summed E-state index contributed by atoms with van der Waals surface area (Å²) >= 11 is 11.5. The summed E-state index contributed by atoms with van der Waals surface area (Å²) < 4.78 is 9.25. The van der Waals surface area contributed by atoms with Crippen LogP contribution in [0.1, 0.15) is 12.3 Å². The summed E-state index contributed by atoms with van der Waals surface area (Å²) in [4.78, 5) is 21.9. The number of nitrogens with zero attached hydrogens (tertiary/aromatic N) is 3. The van der Waals surface area contributed by atoms with Crippen molar-refractivity contribution in [1.29, 1.82) is 0 Å². The molecule has 3 rings (SSSR count). The van der Waals surface area contributed by atoms with E-state index in [1.54, 1.807) is 6.07 Å². The second-order valence-electron chi connectivity index (χ2n) is 4.93. The van der Waals surface area contributed by atoms with Crippen LogP contribution in [0.2, 0.25) is 0 Å². The molecule has 23 heavy (non-hydrogen) atoms. The number of non-ortho nitro benzene ring substituents is 1. The van der Waals surface area contributed by atoms with Gasteiger partial charge in [0, 0.05) is 17.7 Å². The average Bonchev–Trinajstić information content (AvgIpc) is 2.96. The predicted octanol–water partition coefficient (Wildman–Crippen LogP) is 2.88. The first-order valence-corrected chi connectivity index (χ1v) is 7.24. The minimum atomic E-state index is -1.06. The van der Waals surface area contributed by atoms with E-state index in [-0.39, 0.29) is 24.1 Å². The number of carbonyl (C=O) groups excluding carboxylic acids is 1. The number of hydrogen-bond donors (Lipinski definition) is 0. The van der Waals surface area contributed by atoms with Crippen molar-refractivity contribution in [3.05, 3.63) is 40.3 Å². The van der Waals surface area contributed by atoms with Crippen molar-refractivity contribution in [3.63, 3.8) is 0 Å². The predicted molar refractivity (Wildman–Crippen MR) is 78.7 cm³/mol. The van der Waals surface area contributed by atoms with Crippen LogP contribution in [-0.4, -0.2) is 25.4 Å². The van der Waals surface area contributed by atoms with Gasteiger partial charge < -0.3 is 9.15 Å². The smallest absolute Gasteiger partial charge is 0.312 e. The Bertz CT molecular complexity index is 776. The second-order valence-corrected chi connectivity index (χ2v) is 6.48. The zero-order chi connectivity index (χ0) is 16.6. The van der Waals surface area contributed by atoms with Crippen LogP contribution in [0.4, 0.5) is 5.69 Å². The third kappa shape index (κ3) is 3.43. The van der Waals surface area contributed by atoms with E-state index in [0.29, 0.717) is 12.0 Å². The molecule has 2 aromatic rings. The Balaban J connectivity index is 1.65. The molecule has 1 aliphatic rings. The van der Waals surface area contributed by atoms with Crippen LogP contribution in [0.3, 0.4) is 0 Å². The minimum Gasteiger partial charge on any atom is -0.455 e. The fourth-order valence-corrected chi connectivity index (χ4v) is 2.37. The molecule has 120 valence electrons. The second kappa shape index (κ2) is 5.78. The topological polar surface area (TPSA) is 108 Å². The molecule has 10 heteroatoms. The summed E-state index contributed by atoms with van der Waals surface area (Å²) in [6.45, 7) is -0.221. The fraction of sp³-hybridized carbons (Fsp3) is 0.308. The van der Waals surface area contributed by atoms with Crippen LogP contribution in [0.5, 0.6) is 0 Å². The molecular formula is C13H9Cl2N3O5. The summed E-state index contributed by atoms with van der Waals surface area (Å²) in [7, 11) is 0. The molecule has 1 aromatic carbocycles. The lowest BCUT2D eigenvalue weighted by Crippen LogP contribution is -2.10. The molecule has 1 saturated carbocycles. The molecule has 1 atom stereocenters. The van der Waals surface area contributed by atoms with E-state index in [0.717, 1.165) is 0 Å². The molecule has 8 nitrogen and oxygen atoms in total. The molecule has 0 aliphatic heterocycles. The van der Waals surface area contributed by atoms with Gasteiger partial charge in [-0.2, -0.15) is 0 Å². The molecule has 1 fully saturated rings. The van der Waals surface area contributed by atoms with Gasteiger partial charge in [-0.25, -0.2) is 0 Å². The van der Waals surface area contributed by atoms with Crippen molar-refractivity contribution in [2.24, 2.45) is 5.92 Å². The average molecular weight is 358 g/mol. The third-order valence-corrected chi connectivity index (χ3v) is 4.05. The van der Waals surface area contributed by atoms with E-state index in [1.807, 2.05) is 0 Å². The first-order chi connectivity index (χ1) is 10.9. The van der Waals surface area contributed by atoms with Crippen molar-refractivity contribution in [2.45, 2.75) is 17.4 Å². The molecular weight excluding hydrogens is 349 g/mol. The van der Waals surface area contributed by atoms with Crippen LogP contribution in [0.15, 0.2) is 28.7 Å². The first-order valence-electron chi connectivity index (χ1n) is 6.48. The van der Waals surface area contributed by atoms with E-state index in [1.165, 1.54) is 18.2 Å². The summed E-state index contributed by atoms with van der Waals surface area (Å²) in [5.74, 6) is -0.930. The maximum absolute atomic E-state index is 11.6. The van der Waals surface area contributed by atoms with Gasteiger partial charge in [0.05, 0.1) is 10.8 Å². The van der Waals surface area contributed by atoms with Gasteiger partial charge >= 0.3 is 5.97 Å². The number of alkyl halides is 2. The normalized spacial score (nSPS) is 18.4. The number of hydrogen-bond acceptors (Lipinski definition) is 7. The number of ether oxygens (including phenoxy) is 1. The Labute approximate surface area is 139 Å². The number of nitro groups is 1. The highest BCUT2D eigenvalue weighted by atomic mass is 35.5. The Morgan fingerprint density at radius 3 is 2.87 bits per heavy atom. The number of esters is 1. The molecule has 1 aromatic heterocycles. The highest BCUT2D eigenvalue weighted by Crippen LogP contribution is 2.53. The summed E-state index contributed by atoms with van der Waals surface area (Å²) in [5.41, 5.74) is 0.301. The van der Waals surface area contributed by atoms with Crippen LogP contribution in [0.25, 0.3) is 11.5 Å². The van der Waals surface area contributed by atoms with Gasteiger partial charge in [0.1, 0.15) is 4.33 Å². The zero-order valence-electron chi connectivity index (χ0n) is 11.4. The first kappa shape index (κ1) is 15.7.